The van der Waals surface area contributed by atoms with Crippen LogP contribution in [-0.2, 0) is 9.53 Å². The minimum atomic E-state index is -0.00145. The summed E-state index contributed by atoms with van der Waals surface area (Å²) in [6.45, 7) is 2.14. The van der Waals surface area contributed by atoms with Gasteiger partial charge in [0.1, 0.15) is 0 Å². The van der Waals surface area contributed by atoms with E-state index in [1.807, 2.05) is 0 Å². The fourth-order valence-electron chi connectivity index (χ4n) is 1.47. The van der Waals surface area contributed by atoms with Crippen LogP contribution in [0.15, 0.2) is 0 Å². The third kappa shape index (κ3) is 4.01. The molecule has 1 aliphatic carbocycles. The van der Waals surface area contributed by atoms with E-state index in [4.69, 9.17) is 4.74 Å². The second-order valence-corrected chi connectivity index (χ2v) is 5.11. The first-order valence-electron chi connectivity index (χ1n) is 5.53. The van der Waals surface area contributed by atoms with Crippen LogP contribution in [0.25, 0.3) is 0 Å². The number of nitrogens with one attached hydrogen (secondary N) is 2. The Hall–Kier alpha value is -0.260. The van der Waals surface area contributed by atoms with Crippen molar-refractivity contribution in [1.82, 2.24) is 10.6 Å². The van der Waals surface area contributed by atoms with E-state index in [0.29, 0.717) is 13.2 Å². The third-order valence-electron chi connectivity index (χ3n) is 2.63. The second-order valence-electron chi connectivity index (χ2n) is 4.08. The Morgan fingerprint density at radius 2 is 2.40 bits per heavy atom. The lowest BCUT2D eigenvalue weighted by atomic mass is 10.3. The molecule has 0 unspecified atom stereocenters. The number of hydrogen-bond acceptors (Lipinski definition) is 4. The van der Waals surface area contributed by atoms with Gasteiger partial charge in [-0.3, -0.25) is 10.1 Å². The summed E-state index contributed by atoms with van der Waals surface area (Å²) in [6.07, 6.45) is 2.63. The van der Waals surface area contributed by atoms with Crippen molar-refractivity contribution in [1.29, 1.82) is 0 Å². The molecule has 86 valence electrons. The molecule has 0 aromatic rings. The highest BCUT2D eigenvalue weighted by Gasteiger charge is 2.22. The first-order chi connectivity index (χ1) is 7.36. The molecule has 5 heteroatoms. The van der Waals surface area contributed by atoms with Gasteiger partial charge in [-0.25, -0.2) is 0 Å². The van der Waals surface area contributed by atoms with Gasteiger partial charge in [-0.1, -0.05) is 0 Å². The molecule has 1 saturated heterocycles. The molecule has 1 heterocycles. The quantitative estimate of drug-likeness (QED) is 0.640. The largest absolute Gasteiger partial charge is 0.379 e. The molecule has 1 saturated carbocycles. The Balaban J connectivity index is 1.46. The van der Waals surface area contributed by atoms with Crippen molar-refractivity contribution in [3.8, 4) is 0 Å². The van der Waals surface area contributed by atoms with Crippen LogP contribution in [0.5, 0.6) is 0 Å². The smallest absolute Gasteiger partial charge is 0.238 e. The molecular formula is C10H18N2O2S. The lowest BCUT2D eigenvalue weighted by molar-refractivity contribution is -0.122. The first kappa shape index (κ1) is 11.2. The van der Waals surface area contributed by atoms with E-state index in [2.05, 4.69) is 10.6 Å². The Bertz CT molecular complexity index is 215. The van der Waals surface area contributed by atoms with Crippen molar-refractivity contribution in [3.63, 3.8) is 0 Å². The van der Waals surface area contributed by atoms with E-state index >= 15 is 0 Å². The van der Waals surface area contributed by atoms with Crippen molar-refractivity contribution in [2.45, 2.75) is 18.9 Å². The Kier molecular flexibility index (Phi) is 4.29. The highest BCUT2D eigenvalue weighted by atomic mass is 32.2. The molecule has 0 spiro atoms. The zero-order valence-electron chi connectivity index (χ0n) is 8.83. The highest BCUT2D eigenvalue weighted by molar-refractivity contribution is 7.99. The minimum absolute atomic E-state index is 0.00145. The molecule has 2 aliphatic rings. The molecule has 15 heavy (non-hydrogen) atoms. The Morgan fingerprint density at radius 1 is 1.53 bits per heavy atom. The third-order valence-corrected chi connectivity index (χ3v) is 3.57. The summed E-state index contributed by atoms with van der Waals surface area (Å²) >= 11 is 1.76. The average molecular weight is 230 g/mol. The van der Waals surface area contributed by atoms with Gasteiger partial charge in [0, 0.05) is 24.8 Å². The zero-order valence-corrected chi connectivity index (χ0v) is 9.65. The average Bonchev–Trinajstić information content (AvgIpc) is 2.90. The van der Waals surface area contributed by atoms with Crippen LogP contribution in [0.4, 0.5) is 0 Å². The molecule has 0 aromatic carbocycles. The summed E-state index contributed by atoms with van der Waals surface area (Å²) in [5, 5.41) is 6.01. The number of amides is 1. The monoisotopic (exact) mass is 230 g/mol. The van der Waals surface area contributed by atoms with E-state index in [-0.39, 0.29) is 11.9 Å². The maximum absolute atomic E-state index is 11.5. The predicted octanol–water partition coefficient (Wildman–Crippen LogP) is 0.192. The van der Waals surface area contributed by atoms with E-state index in [0.717, 1.165) is 24.2 Å². The molecule has 0 bridgehead atoms. The van der Waals surface area contributed by atoms with Crippen molar-refractivity contribution in [2.24, 2.45) is 5.92 Å². The number of carbonyl (C=O) groups is 1. The number of carbonyl (C=O) groups excluding carboxylic acids is 1. The van der Waals surface area contributed by atoms with Gasteiger partial charge in [-0.05, 0) is 18.8 Å². The van der Waals surface area contributed by atoms with Gasteiger partial charge in [0.25, 0.3) is 0 Å². The van der Waals surface area contributed by atoms with Crippen LogP contribution in [0.1, 0.15) is 12.8 Å². The lowest BCUT2D eigenvalue weighted by Crippen LogP contribution is -2.43. The van der Waals surface area contributed by atoms with Gasteiger partial charge < -0.3 is 10.1 Å². The molecule has 0 aromatic heterocycles. The second kappa shape index (κ2) is 5.72. The molecule has 0 radical (unpaired) electrons. The number of hydrogen-bond donors (Lipinski definition) is 2. The van der Waals surface area contributed by atoms with E-state index in [1.165, 1.54) is 12.8 Å². The summed E-state index contributed by atoms with van der Waals surface area (Å²) in [4.78, 5) is 11.5. The van der Waals surface area contributed by atoms with Crippen molar-refractivity contribution in [2.75, 3.05) is 31.4 Å². The summed E-state index contributed by atoms with van der Waals surface area (Å²) in [5.74, 6) is 2.68. The number of rotatable bonds is 6. The van der Waals surface area contributed by atoms with Crippen LogP contribution in [0.2, 0.25) is 0 Å². The molecule has 2 fully saturated rings. The van der Waals surface area contributed by atoms with Gasteiger partial charge >= 0.3 is 0 Å². The maximum atomic E-state index is 11.5. The van der Waals surface area contributed by atoms with E-state index in [9.17, 15) is 4.79 Å². The van der Waals surface area contributed by atoms with E-state index in [1.54, 1.807) is 11.8 Å². The van der Waals surface area contributed by atoms with Crippen LogP contribution in [-0.4, -0.2) is 43.3 Å². The lowest BCUT2D eigenvalue weighted by Gasteiger charge is -2.10. The van der Waals surface area contributed by atoms with Crippen LogP contribution < -0.4 is 10.6 Å². The van der Waals surface area contributed by atoms with Crippen molar-refractivity contribution >= 4 is 17.7 Å². The molecule has 4 nitrogen and oxygen atoms in total. The van der Waals surface area contributed by atoms with Gasteiger partial charge in [0.15, 0.2) is 0 Å². The normalized spacial score (nSPS) is 25.5. The molecule has 1 aliphatic heterocycles. The van der Waals surface area contributed by atoms with E-state index < -0.39 is 0 Å². The molecule has 2 rings (SSSR count). The fraction of sp³-hybridized carbons (Fsp3) is 0.900. The van der Waals surface area contributed by atoms with Crippen LogP contribution >= 0.6 is 11.8 Å². The Morgan fingerprint density at radius 3 is 3.07 bits per heavy atom. The fourth-order valence-corrected chi connectivity index (χ4v) is 2.41. The van der Waals surface area contributed by atoms with Crippen molar-refractivity contribution in [3.05, 3.63) is 0 Å². The molecule has 1 atom stereocenters. The maximum Gasteiger partial charge on any atom is 0.238 e. The van der Waals surface area contributed by atoms with Gasteiger partial charge in [-0.15, -0.1) is 11.8 Å². The van der Waals surface area contributed by atoms with Crippen LogP contribution in [0, 0.1) is 5.92 Å². The minimum Gasteiger partial charge on any atom is -0.379 e. The highest BCUT2D eigenvalue weighted by Crippen LogP contribution is 2.28. The van der Waals surface area contributed by atoms with Gasteiger partial charge in [0.2, 0.25) is 5.91 Å². The number of thioether (sulfide) groups is 1. The first-order valence-corrected chi connectivity index (χ1v) is 6.68. The topological polar surface area (TPSA) is 50.4 Å². The molecule has 2 N–H and O–H groups in total. The summed E-state index contributed by atoms with van der Waals surface area (Å²) < 4.78 is 5.43. The summed E-state index contributed by atoms with van der Waals surface area (Å²) in [6, 6.07) is -0.00145. The predicted molar refractivity (Wildman–Crippen MR) is 60.8 cm³/mol. The summed E-state index contributed by atoms with van der Waals surface area (Å²) in [7, 11) is 0. The summed E-state index contributed by atoms with van der Waals surface area (Å²) in [5.41, 5.74) is 0. The number of ether oxygens (including phenoxy) is 1. The SMILES string of the molecule is O=C(NCCOCC1CC1)[C@H]1CSCN1. The molecule has 1 amide bonds. The van der Waals surface area contributed by atoms with Crippen molar-refractivity contribution < 1.29 is 9.53 Å². The standard InChI is InChI=1S/C10H18N2O2S/c13-10(9-6-15-7-12-9)11-3-4-14-5-8-1-2-8/h8-9,12H,1-7H2,(H,11,13)/t9-/m1/s1. The zero-order chi connectivity index (χ0) is 10.5. The van der Waals surface area contributed by atoms with Gasteiger partial charge in [-0.2, -0.15) is 0 Å². The van der Waals surface area contributed by atoms with Gasteiger partial charge in [0.05, 0.1) is 12.6 Å². The molecular weight excluding hydrogens is 212 g/mol. The Labute approximate surface area is 94.5 Å². The van der Waals surface area contributed by atoms with Crippen LogP contribution in [0.3, 0.4) is 0 Å².